The van der Waals surface area contributed by atoms with E-state index in [1.807, 2.05) is 13.0 Å². The summed E-state index contributed by atoms with van der Waals surface area (Å²) in [4.78, 5) is 12.8. The molecule has 0 saturated heterocycles. The van der Waals surface area contributed by atoms with Gasteiger partial charge in [0.1, 0.15) is 12.4 Å². The highest BCUT2D eigenvalue weighted by Gasteiger charge is 2.21. The Bertz CT molecular complexity index is 1250. The van der Waals surface area contributed by atoms with Crippen molar-refractivity contribution in [3.05, 3.63) is 84.4 Å². The number of carbonyl (C=O) groups excluding carboxylic acids is 1. The van der Waals surface area contributed by atoms with Crippen molar-refractivity contribution in [3.63, 3.8) is 0 Å². The van der Waals surface area contributed by atoms with Gasteiger partial charge in [0.25, 0.3) is 15.9 Å². The molecule has 184 valence electrons. The fourth-order valence-corrected chi connectivity index (χ4v) is 4.52. The molecule has 0 fully saturated rings. The zero-order valence-electron chi connectivity index (χ0n) is 19.4. The van der Waals surface area contributed by atoms with Crippen molar-refractivity contribution < 1.29 is 22.7 Å². The number of benzene rings is 3. The zero-order valence-corrected chi connectivity index (χ0v) is 21.1. The van der Waals surface area contributed by atoms with E-state index in [-0.39, 0.29) is 10.0 Å². The highest BCUT2D eigenvalue weighted by molar-refractivity contribution is 7.92. The van der Waals surface area contributed by atoms with Crippen LogP contribution in [0, 0.1) is 0 Å². The lowest BCUT2D eigenvalue weighted by molar-refractivity contribution is 0.0958. The lowest BCUT2D eigenvalue weighted by Crippen LogP contribution is -2.34. The lowest BCUT2D eigenvalue weighted by Gasteiger charge is -2.19. The minimum absolute atomic E-state index is 0.0659. The average molecular weight is 514 g/mol. The Kier molecular flexibility index (Phi) is 9.18. The summed E-state index contributed by atoms with van der Waals surface area (Å²) in [7, 11) is -2.23. The van der Waals surface area contributed by atoms with E-state index in [2.05, 4.69) is 10.6 Å². The van der Waals surface area contributed by atoms with Gasteiger partial charge in [0.2, 0.25) is 0 Å². The second-order valence-corrected chi connectivity index (χ2v) is 9.66. The van der Waals surface area contributed by atoms with Crippen LogP contribution in [0.4, 0.5) is 11.4 Å². The number of amides is 1. The van der Waals surface area contributed by atoms with Crippen molar-refractivity contribution in [1.29, 1.82) is 0 Å². The van der Waals surface area contributed by atoms with Gasteiger partial charge >= 0.3 is 0 Å². The van der Waals surface area contributed by atoms with Gasteiger partial charge in [-0.2, -0.15) is 0 Å². The molecule has 0 spiro atoms. The van der Waals surface area contributed by atoms with Crippen LogP contribution >= 0.6 is 12.2 Å². The molecule has 0 aliphatic carbocycles. The van der Waals surface area contributed by atoms with Crippen LogP contribution < -0.4 is 19.7 Å². The number of thiocarbonyl (C=S) groups is 1. The molecule has 10 heteroatoms. The van der Waals surface area contributed by atoms with Crippen LogP contribution in [0.2, 0.25) is 0 Å². The first-order valence-electron chi connectivity index (χ1n) is 10.9. The van der Waals surface area contributed by atoms with E-state index in [1.165, 1.54) is 23.5 Å². The van der Waals surface area contributed by atoms with Crippen LogP contribution in [0.1, 0.15) is 17.3 Å². The second-order valence-electron chi connectivity index (χ2n) is 7.28. The lowest BCUT2D eigenvalue weighted by atomic mass is 10.2. The molecule has 3 rings (SSSR count). The third-order valence-electron chi connectivity index (χ3n) is 4.94. The van der Waals surface area contributed by atoms with E-state index in [4.69, 9.17) is 21.7 Å². The van der Waals surface area contributed by atoms with Crippen molar-refractivity contribution in [3.8, 4) is 5.75 Å². The predicted octanol–water partition coefficient (Wildman–Crippen LogP) is 4.05. The molecule has 8 nitrogen and oxygen atoms in total. The molecule has 0 radical (unpaired) electrons. The number of hydrogen-bond acceptors (Lipinski definition) is 6. The molecule has 0 heterocycles. The van der Waals surface area contributed by atoms with Crippen LogP contribution in [0.3, 0.4) is 0 Å². The number of carbonyl (C=O) groups is 1. The number of ether oxygens (including phenoxy) is 2. The number of sulfonamides is 1. The molecule has 0 atom stereocenters. The molecule has 3 aromatic rings. The smallest absolute Gasteiger partial charge is 0.264 e. The number of rotatable bonds is 10. The molecule has 3 aromatic carbocycles. The Morgan fingerprint density at radius 2 is 1.60 bits per heavy atom. The molecule has 0 saturated carbocycles. The van der Waals surface area contributed by atoms with Gasteiger partial charge in [-0.05, 0) is 67.7 Å². The molecule has 0 aliphatic heterocycles. The van der Waals surface area contributed by atoms with Crippen LogP contribution in [0.25, 0.3) is 0 Å². The third kappa shape index (κ3) is 7.01. The summed E-state index contributed by atoms with van der Waals surface area (Å²) in [6, 6.07) is 21.7. The van der Waals surface area contributed by atoms with E-state index in [0.29, 0.717) is 42.5 Å². The van der Waals surface area contributed by atoms with Gasteiger partial charge in [-0.1, -0.05) is 30.3 Å². The van der Waals surface area contributed by atoms with Crippen LogP contribution in [0.5, 0.6) is 5.75 Å². The highest BCUT2D eigenvalue weighted by atomic mass is 32.2. The molecule has 0 bridgehead atoms. The van der Waals surface area contributed by atoms with E-state index in [9.17, 15) is 13.2 Å². The Labute approximate surface area is 210 Å². The van der Waals surface area contributed by atoms with Crippen molar-refractivity contribution >= 4 is 44.6 Å². The Morgan fingerprint density at radius 3 is 2.29 bits per heavy atom. The third-order valence-corrected chi connectivity index (χ3v) is 6.94. The quantitative estimate of drug-likeness (QED) is 0.312. The van der Waals surface area contributed by atoms with Gasteiger partial charge in [-0.3, -0.25) is 14.4 Å². The highest BCUT2D eigenvalue weighted by Crippen LogP contribution is 2.23. The van der Waals surface area contributed by atoms with E-state index < -0.39 is 15.9 Å². The van der Waals surface area contributed by atoms with E-state index >= 15 is 0 Å². The topological polar surface area (TPSA) is 97.0 Å². The first-order valence-corrected chi connectivity index (χ1v) is 12.7. The van der Waals surface area contributed by atoms with Gasteiger partial charge in [0, 0.05) is 19.3 Å². The summed E-state index contributed by atoms with van der Waals surface area (Å²) in [6.07, 6.45) is 0. The summed E-state index contributed by atoms with van der Waals surface area (Å²) in [5.41, 5.74) is 1.41. The van der Waals surface area contributed by atoms with Crippen LogP contribution in [-0.2, 0) is 14.8 Å². The van der Waals surface area contributed by atoms with Gasteiger partial charge in [-0.25, -0.2) is 8.42 Å². The van der Waals surface area contributed by atoms with E-state index in [1.54, 1.807) is 60.7 Å². The van der Waals surface area contributed by atoms with Gasteiger partial charge in [0.05, 0.1) is 22.8 Å². The first kappa shape index (κ1) is 26.1. The van der Waals surface area contributed by atoms with Gasteiger partial charge < -0.3 is 14.8 Å². The maximum Gasteiger partial charge on any atom is 0.264 e. The monoisotopic (exact) mass is 513 g/mol. The van der Waals surface area contributed by atoms with E-state index in [0.717, 1.165) is 0 Å². The second kappa shape index (κ2) is 12.3. The minimum atomic E-state index is -3.73. The van der Waals surface area contributed by atoms with Gasteiger partial charge in [-0.15, -0.1) is 0 Å². The number of para-hydroxylation sites is 2. The van der Waals surface area contributed by atoms with Crippen LogP contribution in [0.15, 0.2) is 83.8 Å². The molecule has 35 heavy (non-hydrogen) atoms. The maximum atomic E-state index is 12.9. The summed E-state index contributed by atoms with van der Waals surface area (Å²) in [5.74, 6) is -0.0113. The minimum Gasteiger partial charge on any atom is -0.490 e. The molecule has 1 amide bonds. The summed E-state index contributed by atoms with van der Waals surface area (Å²) in [5, 5.41) is 5.57. The SMILES string of the molecule is CCOCCOc1ccccc1C(=O)NC(=S)Nc1ccc(S(=O)(=O)N(C)c2ccccc2)cc1. The normalized spacial score (nSPS) is 10.9. The molecule has 0 aromatic heterocycles. The standard InChI is InChI=1S/C25H27N3O5S2/c1-3-32-17-18-33-23-12-8-7-11-22(23)24(29)27-25(34)26-19-13-15-21(16-14-19)35(30,31)28(2)20-9-5-4-6-10-20/h4-16H,3,17-18H2,1-2H3,(H2,26,27,29,34). The molecule has 0 aliphatic rings. The fraction of sp³-hybridized carbons (Fsp3) is 0.200. The Hall–Kier alpha value is -3.47. The summed E-state index contributed by atoms with van der Waals surface area (Å²) in [6.45, 7) is 3.21. The summed E-state index contributed by atoms with van der Waals surface area (Å²) < 4.78 is 37.9. The maximum absolute atomic E-state index is 12.9. The van der Waals surface area contributed by atoms with Crippen molar-refractivity contribution in [2.45, 2.75) is 11.8 Å². The number of nitrogens with one attached hydrogen (secondary N) is 2. The molecular weight excluding hydrogens is 486 g/mol. The summed E-state index contributed by atoms with van der Waals surface area (Å²) >= 11 is 5.26. The van der Waals surface area contributed by atoms with Crippen molar-refractivity contribution in [2.24, 2.45) is 0 Å². The molecular formula is C25H27N3O5S2. The van der Waals surface area contributed by atoms with Crippen LogP contribution in [-0.4, -0.2) is 46.3 Å². The number of nitrogens with zero attached hydrogens (tertiary/aromatic N) is 1. The zero-order chi connectivity index (χ0) is 25.3. The predicted molar refractivity (Wildman–Crippen MR) is 141 cm³/mol. The van der Waals surface area contributed by atoms with Crippen molar-refractivity contribution in [1.82, 2.24) is 5.32 Å². The van der Waals surface area contributed by atoms with Crippen molar-refractivity contribution in [2.75, 3.05) is 36.5 Å². The van der Waals surface area contributed by atoms with Gasteiger partial charge in [0.15, 0.2) is 5.11 Å². The first-order chi connectivity index (χ1) is 16.8. The molecule has 0 unspecified atom stereocenters. The molecule has 2 N–H and O–H groups in total. The Balaban J connectivity index is 1.62. The average Bonchev–Trinajstić information content (AvgIpc) is 2.87. The Morgan fingerprint density at radius 1 is 0.943 bits per heavy atom. The number of hydrogen-bond donors (Lipinski definition) is 2. The fourth-order valence-electron chi connectivity index (χ4n) is 3.11. The largest absolute Gasteiger partial charge is 0.490 e. The number of anilines is 2.